The fourth-order valence-corrected chi connectivity index (χ4v) is 1.68. The van der Waals surface area contributed by atoms with Gasteiger partial charge < -0.3 is 15.2 Å². The summed E-state index contributed by atoms with van der Waals surface area (Å²) in [6, 6.07) is 5.58. The molecule has 0 aliphatic heterocycles. The van der Waals surface area contributed by atoms with E-state index in [1.807, 2.05) is 18.2 Å². The number of aliphatic hydroxyl groups excluding tert-OH is 1. The van der Waals surface area contributed by atoms with Crippen LogP contribution in [0.4, 0.5) is 5.69 Å². The topological polar surface area (TPSA) is 58.6 Å². The zero-order chi connectivity index (χ0) is 12.7. The van der Waals surface area contributed by atoms with Gasteiger partial charge in [0, 0.05) is 19.2 Å². The lowest BCUT2D eigenvalue weighted by molar-refractivity contribution is -0.114. The highest BCUT2D eigenvalue weighted by molar-refractivity contribution is 5.88. The SMILES string of the molecule is COc1ccc(NC(C)=O)cc1CCCCO. The lowest BCUT2D eigenvalue weighted by Gasteiger charge is -2.10. The van der Waals surface area contributed by atoms with E-state index in [4.69, 9.17) is 9.84 Å². The lowest BCUT2D eigenvalue weighted by atomic mass is 10.1. The highest BCUT2D eigenvalue weighted by atomic mass is 16.5. The Morgan fingerprint density at radius 1 is 1.41 bits per heavy atom. The van der Waals surface area contributed by atoms with Gasteiger partial charge in [0.2, 0.25) is 5.91 Å². The summed E-state index contributed by atoms with van der Waals surface area (Å²) in [4.78, 5) is 11.0. The number of nitrogens with one attached hydrogen (secondary N) is 1. The summed E-state index contributed by atoms with van der Waals surface area (Å²) in [7, 11) is 1.63. The summed E-state index contributed by atoms with van der Waals surface area (Å²) in [5.74, 6) is 0.730. The van der Waals surface area contributed by atoms with Gasteiger partial charge in [0.05, 0.1) is 7.11 Å². The summed E-state index contributed by atoms with van der Waals surface area (Å²) in [6.45, 7) is 1.68. The zero-order valence-electron chi connectivity index (χ0n) is 10.3. The van der Waals surface area contributed by atoms with Gasteiger partial charge in [0.1, 0.15) is 5.75 Å². The standard InChI is InChI=1S/C13H19NO3/c1-10(16)14-12-6-7-13(17-2)11(9-12)5-3-4-8-15/h6-7,9,15H,3-5,8H2,1-2H3,(H,14,16). The van der Waals surface area contributed by atoms with Crippen LogP contribution in [-0.2, 0) is 11.2 Å². The van der Waals surface area contributed by atoms with Gasteiger partial charge in [-0.05, 0) is 43.0 Å². The van der Waals surface area contributed by atoms with Crippen molar-refractivity contribution in [2.45, 2.75) is 26.2 Å². The fraction of sp³-hybridized carbons (Fsp3) is 0.462. The Bertz CT molecular complexity index is 377. The molecule has 1 amide bonds. The van der Waals surface area contributed by atoms with Gasteiger partial charge in [0.25, 0.3) is 0 Å². The molecule has 1 aromatic rings. The number of benzene rings is 1. The number of methoxy groups -OCH3 is 1. The first kappa shape index (κ1) is 13.5. The van der Waals surface area contributed by atoms with E-state index >= 15 is 0 Å². The second kappa shape index (κ2) is 6.91. The van der Waals surface area contributed by atoms with Crippen LogP contribution in [0.3, 0.4) is 0 Å². The van der Waals surface area contributed by atoms with Gasteiger partial charge in [-0.25, -0.2) is 0 Å². The van der Waals surface area contributed by atoms with Crippen molar-refractivity contribution in [1.82, 2.24) is 0 Å². The molecular weight excluding hydrogens is 218 g/mol. The minimum atomic E-state index is -0.0866. The maximum Gasteiger partial charge on any atom is 0.221 e. The Balaban J connectivity index is 2.78. The van der Waals surface area contributed by atoms with Gasteiger partial charge in [-0.3, -0.25) is 4.79 Å². The zero-order valence-corrected chi connectivity index (χ0v) is 10.3. The number of unbranched alkanes of at least 4 members (excludes halogenated alkanes) is 1. The molecule has 17 heavy (non-hydrogen) atoms. The summed E-state index contributed by atoms with van der Waals surface area (Å²) < 4.78 is 5.26. The first-order chi connectivity index (χ1) is 8.17. The summed E-state index contributed by atoms with van der Waals surface area (Å²) in [5.41, 5.74) is 1.82. The molecule has 0 fully saturated rings. The van der Waals surface area contributed by atoms with E-state index in [0.29, 0.717) is 0 Å². The molecule has 0 saturated carbocycles. The van der Waals surface area contributed by atoms with Crippen molar-refractivity contribution in [2.75, 3.05) is 19.0 Å². The van der Waals surface area contributed by atoms with Crippen molar-refractivity contribution in [3.63, 3.8) is 0 Å². The molecule has 0 heterocycles. The molecule has 94 valence electrons. The predicted octanol–water partition coefficient (Wildman–Crippen LogP) is 1.97. The van der Waals surface area contributed by atoms with E-state index in [1.165, 1.54) is 6.92 Å². The molecule has 0 unspecified atom stereocenters. The van der Waals surface area contributed by atoms with E-state index < -0.39 is 0 Å². The van der Waals surface area contributed by atoms with Crippen molar-refractivity contribution in [2.24, 2.45) is 0 Å². The number of amides is 1. The minimum absolute atomic E-state index is 0.0866. The normalized spacial score (nSPS) is 10.1. The number of hydrogen-bond donors (Lipinski definition) is 2. The van der Waals surface area contributed by atoms with Crippen molar-refractivity contribution in [3.8, 4) is 5.75 Å². The van der Waals surface area contributed by atoms with Crippen LogP contribution in [0.5, 0.6) is 5.75 Å². The quantitative estimate of drug-likeness (QED) is 0.744. The second-order valence-corrected chi connectivity index (χ2v) is 3.89. The van der Waals surface area contributed by atoms with Crippen molar-refractivity contribution in [1.29, 1.82) is 0 Å². The molecular formula is C13H19NO3. The number of carbonyl (C=O) groups is 1. The third kappa shape index (κ3) is 4.44. The third-order valence-corrected chi connectivity index (χ3v) is 2.45. The number of hydrogen-bond acceptors (Lipinski definition) is 3. The molecule has 0 aliphatic rings. The Hall–Kier alpha value is -1.55. The summed E-state index contributed by atoms with van der Waals surface area (Å²) >= 11 is 0. The highest BCUT2D eigenvalue weighted by Gasteiger charge is 2.05. The molecule has 1 rings (SSSR count). The Kier molecular flexibility index (Phi) is 5.49. The van der Waals surface area contributed by atoms with E-state index in [9.17, 15) is 4.79 Å². The number of ether oxygens (including phenoxy) is 1. The van der Waals surface area contributed by atoms with Gasteiger partial charge in [-0.1, -0.05) is 0 Å². The number of rotatable bonds is 6. The predicted molar refractivity (Wildman–Crippen MR) is 67.3 cm³/mol. The Labute approximate surface area is 102 Å². The lowest BCUT2D eigenvalue weighted by Crippen LogP contribution is -2.06. The molecule has 1 aromatic carbocycles. The highest BCUT2D eigenvalue weighted by Crippen LogP contribution is 2.24. The number of aryl methyl sites for hydroxylation is 1. The summed E-state index contributed by atoms with van der Waals surface area (Å²) in [5, 5.41) is 11.5. The van der Waals surface area contributed by atoms with Crippen LogP contribution in [0.25, 0.3) is 0 Å². The van der Waals surface area contributed by atoms with Crippen LogP contribution in [0.15, 0.2) is 18.2 Å². The number of anilines is 1. The maximum atomic E-state index is 11.0. The van der Waals surface area contributed by atoms with Gasteiger partial charge in [-0.15, -0.1) is 0 Å². The van der Waals surface area contributed by atoms with Crippen molar-refractivity contribution >= 4 is 11.6 Å². The molecule has 0 atom stereocenters. The molecule has 0 radical (unpaired) electrons. The minimum Gasteiger partial charge on any atom is -0.496 e. The molecule has 0 spiro atoms. The fourth-order valence-electron chi connectivity index (χ4n) is 1.68. The van der Waals surface area contributed by atoms with E-state index in [1.54, 1.807) is 7.11 Å². The molecule has 4 nitrogen and oxygen atoms in total. The number of aliphatic hydroxyl groups is 1. The van der Waals surface area contributed by atoms with E-state index in [-0.39, 0.29) is 12.5 Å². The molecule has 0 bridgehead atoms. The van der Waals surface area contributed by atoms with Gasteiger partial charge >= 0.3 is 0 Å². The molecule has 4 heteroatoms. The number of carbonyl (C=O) groups excluding carboxylic acids is 1. The van der Waals surface area contributed by atoms with Crippen LogP contribution < -0.4 is 10.1 Å². The molecule has 0 aromatic heterocycles. The average molecular weight is 237 g/mol. The second-order valence-electron chi connectivity index (χ2n) is 3.89. The first-order valence-electron chi connectivity index (χ1n) is 5.72. The van der Waals surface area contributed by atoms with E-state index in [2.05, 4.69) is 5.32 Å². The van der Waals surface area contributed by atoms with Crippen LogP contribution in [0, 0.1) is 0 Å². The molecule has 2 N–H and O–H groups in total. The molecule has 0 aliphatic carbocycles. The van der Waals surface area contributed by atoms with Crippen molar-refractivity contribution < 1.29 is 14.6 Å². The third-order valence-electron chi connectivity index (χ3n) is 2.45. The largest absolute Gasteiger partial charge is 0.496 e. The Morgan fingerprint density at radius 3 is 2.76 bits per heavy atom. The van der Waals surface area contributed by atoms with Crippen LogP contribution in [0.1, 0.15) is 25.3 Å². The first-order valence-corrected chi connectivity index (χ1v) is 5.72. The van der Waals surface area contributed by atoms with E-state index in [0.717, 1.165) is 36.3 Å². The van der Waals surface area contributed by atoms with Gasteiger partial charge in [-0.2, -0.15) is 0 Å². The van der Waals surface area contributed by atoms with Crippen molar-refractivity contribution in [3.05, 3.63) is 23.8 Å². The summed E-state index contributed by atoms with van der Waals surface area (Å²) in [6.07, 6.45) is 2.50. The van der Waals surface area contributed by atoms with Crippen LogP contribution in [0.2, 0.25) is 0 Å². The molecule has 0 saturated heterocycles. The Morgan fingerprint density at radius 2 is 2.18 bits per heavy atom. The van der Waals surface area contributed by atoms with Crippen LogP contribution >= 0.6 is 0 Å². The smallest absolute Gasteiger partial charge is 0.221 e. The van der Waals surface area contributed by atoms with Gasteiger partial charge in [0.15, 0.2) is 0 Å². The van der Waals surface area contributed by atoms with Crippen LogP contribution in [-0.4, -0.2) is 24.7 Å². The average Bonchev–Trinajstić information content (AvgIpc) is 2.29. The maximum absolute atomic E-state index is 11.0. The monoisotopic (exact) mass is 237 g/mol.